The monoisotopic (exact) mass is 284 g/mol. The molecule has 0 aliphatic rings. The van der Waals surface area contributed by atoms with E-state index in [0.717, 1.165) is 6.42 Å². The maximum Gasteiger partial charge on any atom is 0.320 e. The highest BCUT2D eigenvalue weighted by Crippen LogP contribution is 2.07. The molecule has 20 heavy (non-hydrogen) atoms. The average Bonchev–Trinajstić information content (AvgIpc) is 2.42. The van der Waals surface area contributed by atoms with Crippen LogP contribution >= 0.6 is 0 Å². The molecule has 0 rings (SSSR count). The van der Waals surface area contributed by atoms with Gasteiger partial charge in [0.15, 0.2) is 5.78 Å². The van der Waals surface area contributed by atoms with Crippen LogP contribution < -0.4 is 5.32 Å². The Hall–Kier alpha value is -1.89. The number of azide groups is 1. The Labute approximate surface area is 117 Å². The maximum absolute atomic E-state index is 11.0. The van der Waals surface area contributed by atoms with E-state index in [1.54, 1.807) is 0 Å². The summed E-state index contributed by atoms with van der Waals surface area (Å²) in [7, 11) is 0. The van der Waals surface area contributed by atoms with Gasteiger partial charge in [-0.3, -0.25) is 14.9 Å². The van der Waals surface area contributed by atoms with Crippen LogP contribution in [-0.4, -0.2) is 40.8 Å². The summed E-state index contributed by atoms with van der Waals surface area (Å²) < 4.78 is 0. The Bertz CT molecular complexity index is 380. The molecular formula is C12H20N4O4. The van der Waals surface area contributed by atoms with Gasteiger partial charge in [-0.25, -0.2) is 0 Å². The molecule has 0 aromatic heterocycles. The lowest BCUT2D eigenvalue weighted by Crippen LogP contribution is -2.44. The number of ketones is 1. The molecule has 0 saturated heterocycles. The third-order valence-electron chi connectivity index (χ3n) is 2.65. The molecule has 8 heteroatoms. The number of aliphatic hydroxyl groups is 1. The number of nitrogens with one attached hydrogen (secondary N) is 1. The predicted molar refractivity (Wildman–Crippen MR) is 72.9 cm³/mol. The number of carbonyl (C=O) groups is 2. The summed E-state index contributed by atoms with van der Waals surface area (Å²) >= 11 is 0. The van der Waals surface area contributed by atoms with E-state index in [9.17, 15) is 14.7 Å². The van der Waals surface area contributed by atoms with Gasteiger partial charge in [-0.1, -0.05) is 24.5 Å². The van der Waals surface area contributed by atoms with E-state index in [4.69, 9.17) is 10.6 Å². The average molecular weight is 284 g/mol. The smallest absolute Gasteiger partial charge is 0.320 e. The maximum atomic E-state index is 11.0. The summed E-state index contributed by atoms with van der Waals surface area (Å²) in [6.07, 6.45) is 2.83. The van der Waals surface area contributed by atoms with Gasteiger partial charge in [0.2, 0.25) is 0 Å². The fourth-order valence-electron chi connectivity index (χ4n) is 1.60. The van der Waals surface area contributed by atoms with Crippen molar-refractivity contribution >= 4 is 11.8 Å². The molecule has 0 aromatic carbocycles. The first-order valence-electron chi connectivity index (χ1n) is 6.34. The van der Waals surface area contributed by atoms with Gasteiger partial charge in [0.1, 0.15) is 12.3 Å². The fourth-order valence-corrected chi connectivity index (χ4v) is 1.60. The van der Waals surface area contributed by atoms with Crippen molar-refractivity contribution in [3.8, 4) is 0 Å². The molecule has 0 radical (unpaired) electrons. The summed E-state index contributed by atoms with van der Waals surface area (Å²) in [6, 6.07) is -0.908. The second-order valence-electron chi connectivity index (χ2n) is 4.26. The number of carbonyl (C=O) groups excluding carboxylic acids is 1. The van der Waals surface area contributed by atoms with Crippen molar-refractivity contribution in [3.05, 3.63) is 23.1 Å². The van der Waals surface area contributed by atoms with Crippen molar-refractivity contribution in [2.24, 2.45) is 5.11 Å². The predicted octanol–water partition coefficient (Wildman–Crippen LogP) is 1.36. The van der Waals surface area contributed by atoms with Crippen molar-refractivity contribution in [1.82, 2.24) is 5.32 Å². The lowest BCUT2D eigenvalue weighted by Gasteiger charge is -2.17. The highest BCUT2D eigenvalue weighted by atomic mass is 16.4. The summed E-state index contributed by atoms with van der Waals surface area (Å²) in [5.41, 5.74) is 8.09. The van der Waals surface area contributed by atoms with Crippen molar-refractivity contribution in [2.75, 3.05) is 6.54 Å². The molecule has 0 amide bonds. The Morgan fingerprint density at radius 1 is 1.40 bits per heavy atom. The van der Waals surface area contributed by atoms with Crippen molar-refractivity contribution in [2.45, 2.75) is 44.4 Å². The third-order valence-corrected chi connectivity index (χ3v) is 2.65. The lowest BCUT2D eigenvalue weighted by molar-refractivity contribution is -0.140. The van der Waals surface area contributed by atoms with Gasteiger partial charge >= 0.3 is 5.97 Å². The molecule has 112 valence electrons. The molecule has 3 N–H and O–H groups in total. The standard InChI is InChI=1S/C12H20N4O4/c1-2-9(17)6-4-3-5-7-10(12(19)20)15-11(18)8-14-16-13/h2,10-11,15,18H,1,3-8H2,(H,19,20). The molecule has 0 bridgehead atoms. The molecule has 2 unspecified atom stereocenters. The zero-order valence-corrected chi connectivity index (χ0v) is 11.2. The van der Waals surface area contributed by atoms with Gasteiger partial charge in [0, 0.05) is 11.3 Å². The van der Waals surface area contributed by atoms with Crippen LogP contribution in [0.3, 0.4) is 0 Å². The van der Waals surface area contributed by atoms with E-state index in [0.29, 0.717) is 25.7 Å². The number of hydrogen-bond donors (Lipinski definition) is 3. The molecule has 0 spiro atoms. The summed E-state index contributed by atoms with van der Waals surface area (Å²) in [5.74, 6) is -1.10. The second kappa shape index (κ2) is 11.0. The summed E-state index contributed by atoms with van der Waals surface area (Å²) in [5, 5.41) is 24.0. The minimum Gasteiger partial charge on any atom is -0.480 e. The third kappa shape index (κ3) is 9.09. The van der Waals surface area contributed by atoms with Gasteiger partial charge in [-0.05, 0) is 24.4 Å². The molecule has 0 aliphatic carbocycles. The van der Waals surface area contributed by atoms with Crippen molar-refractivity contribution in [1.29, 1.82) is 0 Å². The van der Waals surface area contributed by atoms with E-state index >= 15 is 0 Å². The van der Waals surface area contributed by atoms with Crippen molar-refractivity contribution < 1.29 is 19.8 Å². The zero-order chi connectivity index (χ0) is 15.4. The van der Waals surface area contributed by atoms with Crippen LogP contribution in [-0.2, 0) is 9.59 Å². The first kappa shape index (κ1) is 18.1. The number of rotatable bonds is 12. The van der Waals surface area contributed by atoms with E-state index < -0.39 is 18.2 Å². The molecule has 0 saturated carbocycles. The topological polar surface area (TPSA) is 135 Å². The highest BCUT2D eigenvalue weighted by molar-refractivity contribution is 5.88. The number of aliphatic hydroxyl groups excluding tert-OH is 1. The van der Waals surface area contributed by atoms with Crippen LogP contribution in [0.25, 0.3) is 10.4 Å². The minimum atomic E-state index is -1.19. The zero-order valence-electron chi connectivity index (χ0n) is 11.2. The van der Waals surface area contributed by atoms with Crippen LogP contribution in [0.4, 0.5) is 0 Å². The van der Waals surface area contributed by atoms with E-state index in [1.807, 2.05) is 0 Å². The molecule has 2 atom stereocenters. The minimum absolute atomic E-state index is 0.0253. The molecule has 8 nitrogen and oxygen atoms in total. The normalized spacial score (nSPS) is 13.1. The van der Waals surface area contributed by atoms with Crippen LogP contribution in [0.2, 0.25) is 0 Å². The fraction of sp³-hybridized carbons (Fsp3) is 0.667. The number of carboxylic acid groups (broad SMARTS) is 1. The summed E-state index contributed by atoms with van der Waals surface area (Å²) in [4.78, 5) is 24.4. The molecule has 0 fully saturated rings. The van der Waals surface area contributed by atoms with Crippen LogP contribution in [0.15, 0.2) is 17.8 Å². The molecule has 0 aliphatic heterocycles. The Balaban J connectivity index is 3.97. The Kier molecular flexibility index (Phi) is 9.94. The SMILES string of the molecule is C=CC(=O)CCCCCC(NC(O)CN=[N+]=[N-])C(=O)O. The van der Waals surface area contributed by atoms with E-state index in [2.05, 4.69) is 21.9 Å². The molecule has 0 aromatic rings. The first-order valence-corrected chi connectivity index (χ1v) is 6.34. The number of carboxylic acids is 1. The number of allylic oxidation sites excluding steroid dienone is 1. The second-order valence-corrected chi connectivity index (χ2v) is 4.26. The lowest BCUT2D eigenvalue weighted by atomic mass is 10.1. The highest BCUT2D eigenvalue weighted by Gasteiger charge is 2.19. The van der Waals surface area contributed by atoms with Crippen LogP contribution in [0.1, 0.15) is 32.1 Å². The quantitative estimate of drug-likeness (QED) is 0.124. The summed E-state index contributed by atoms with van der Waals surface area (Å²) in [6.45, 7) is 3.14. The number of aliphatic carboxylic acids is 1. The molecular weight excluding hydrogens is 264 g/mol. The van der Waals surface area contributed by atoms with Gasteiger partial charge in [0.05, 0.1) is 6.54 Å². The Morgan fingerprint density at radius 2 is 2.10 bits per heavy atom. The van der Waals surface area contributed by atoms with Gasteiger partial charge in [0.25, 0.3) is 0 Å². The van der Waals surface area contributed by atoms with Gasteiger partial charge < -0.3 is 10.2 Å². The van der Waals surface area contributed by atoms with Gasteiger partial charge in [-0.15, -0.1) is 0 Å². The van der Waals surface area contributed by atoms with Crippen molar-refractivity contribution in [3.63, 3.8) is 0 Å². The van der Waals surface area contributed by atoms with E-state index in [-0.39, 0.29) is 12.3 Å². The number of nitrogens with zero attached hydrogens (tertiary/aromatic N) is 3. The van der Waals surface area contributed by atoms with Crippen LogP contribution in [0, 0.1) is 0 Å². The Morgan fingerprint density at radius 3 is 2.65 bits per heavy atom. The first-order chi connectivity index (χ1) is 9.51. The van der Waals surface area contributed by atoms with Gasteiger partial charge in [-0.2, -0.15) is 0 Å². The molecule has 0 heterocycles. The van der Waals surface area contributed by atoms with Crippen LogP contribution in [0.5, 0.6) is 0 Å². The largest absolute Gasteiger partial charge is 0.480 e. The van der Waals surface area contributed by atoms with E-state index in [1.165, 1.54) is 6.08 Å². The number of hydrogen-bond acceptors (Lipinski definition) is 5. The number of unbranched alkanes of at least 4 members (excludes halogenated alkanes) is 2.